The Hall–Kier alpha value is -1.92. The number of sulfonamides is 1. The van der Waals surface area contributed by atoms with Crippen LogP contribution in [0.1, 0.15) is 17.9 Å². The molecule has 2 unspecified atom stereocenters. The SMILES string of the molecule is CNc1ncccc1S(=O)(=O)NC1CC1c1ccccc1. The van der Waals surface area contributed by atoms with Crippen molar-refractivity contribution in [1.29, 1.82) is 0 Å². The van der Waals surface area contributed by atoms with Crippen molar-refractivity contribution in [2.45, 2.75) is 23.3 Å². The molecule has 1 saturated carbocycles. The van der Waals surface area contributed by atoms with E-state index in [-0.39, 0.29) is 16.9 Å². The Kier molecular flexibility index (Phi) is 3.65. The summed E-state index contributed by atoms with van der Waals surface area (Å²) in [5, 5.41) is 2.81. The number of nitrogens with one attached hydrogen (secondary N) is 2. The third-order valence-corrected chi connectivity index (χ3v) is 5.14. The van der Waals surface area contributed by atoms with Gasteiger partial charge in [0.05, 0.1) is 0 Å². The summed E-state index contributed by atoms with van der Waals surface area (Å²) in [5.41, 5.74) is 1.17. The number of rotatable bonds is 5. The zero-order valence-electron chi connectivity index (χ0n) is 11.7. The standard InChI is InChI=1S/C15H17N3O2S/c1-16-15-14(8-5-9-17-15)21(19,20)18-13-10-12(13)11-6-3-2-4-7-11/h2-9,12-13,18H,10H2,1H3,(H,16,17). The summed E-state index contributed by atoms with van der Waals surface area (Å²) in [6.07, 6.45) is 2.40. The van der Waals surface area contributed by atoms with Crippen LogP contribution < -0.4 is 10.0 Å². The van der Waals surface area contributed by atoms with Crippen LogP contribution in [0.25, 0.3) is 0 Å². The maximum atomic E-state index is 12.4. The topological polar surface area (TPSA) is 71.1 Å². The molecule has 1 aliphatic carbocycles. The van der Waals surface area contributed by atoms with E-state index >= 15 is 0 Å². The minimum atomic E-state index is -3.56. The van der Waals surface area contributed by atoms with Crippen molar-refractivity contribution < 1.29 is 8.42 Å². The maximum absolute atomic E-state index is 12.4. The monoisotopic (exact) mass is 303 g/mol. The van der Waals surface area contributed by atoms with Gasteiger partial charge in [-0.3, -0.25) is 0 Å². The number of benzene rings is 1. The quantitative estimate of drug-likeness (QED) is 0.886. The van der Waals surface area contributed by atoms with Crippen LogP contribution in [0.4, 0.5) is 5.82 Å². The number of hydrogen-bond donors (Lipinski definition) is 2. The van der Waals surface area contributed by atoms with Crippen LogP contribution in [-0.4, -0.2) is 26.5 Å². The fourth-order valence-corrected chi connectivity index (χ4v) is 3.90. The minimum Gasteiger partial charge on any atom is -0.372 e. The average molecular weight is 303 g/mol. The third-order valence-electron chi connectivity index (χ3n) is 3.62. The first-order valence-electron chi connectivity index (χ1n) is 6.82. The predicted molar refractivity (Wildman–Crippen MR) is 81.7 cm³/mol. The van der Waals surface area contributed by atoms with Crippen LogP contribution in [0, 0.1) is 0 Å². The van der Waals surface area contributed by atoms with E-state index in [1.165, 1.54) is 5.56 Å². The van der Waals surface area contributed by atoms with Crippen molar-refractivity contribution in [1.82, 2.24) is 9.71 Å². The highest BCUT2D eigenvalue weighted by Crippen LogP contribution is 2.41. The lowest BCUT2D eigenvalue weighted by Gasteiger charge is -2.10. The Morgan fingerprint density at radius 3 is 2.62 bits per heavy atom. The van der Waals surface area contributed by atoms with Crippen molar-refractivity contribution in [3.63, 3.8) is 0 Å². The Labute approximate surface area is 124 Å². The van der Waals surface area contributed by atoms with Gasteiger partial charge in [-0.1, -0.05) is 30.3 Å². The van der Waals surface area contributed by atoms with E-state index in [9.17, 15) is 8.42 Å². The lowest BCUT2D eigenvalue weighted by atomic mass is 10.1. The van der Waals surface area contributed by atoms with E-state index in [1.807, 2.05) is 30.3 Å². The van der Waals surface area contributed by atoms with Crippen molar-refractivity contribution in [2.24, 2.45) is 0 Å². The van der Waals surface area contributed by atoms with Crippen molar-refractivity contribution in [3.8, 4) is 0 Å². The van der Waals surface area contributed by atoms with Gasteiger partial charge in [0, 0.05) is 25.2 Å². The summed E-state index contributed by atoms with van der Waals surface area (Å²) in [5.74, 6) is 0.623. The molecule has 1 fully saturated rings. The van der Waals surface area contributed by atoms with Gasteiger partial charge in [0.15, 0.2) is 0 Å². The number of nitrogens with zero attached hydrogens (tertiary/aromatic N) is 1. The second-order valence-corrected chi connectivity index (χ2v) is 6.76. The Balaban J connectivity index is 1.77. The van der Waals surface area contributed by atoms with Gasteiger partial charge >= 0.3 is 0 Å². The molecule has 0 radical (unpaired) electrons. The molecule has 2 aromatic rings. The van der Waals surface area contributed by atoms with Gasteiger partial charge < -0.3 is 5.32 Å². The van der Waals surface area contributed by atoms with Crippen LogP contribution in [0.3, 0.4) is 0 Å². The molecule has 0 amide bonds. The highest BCUT2D eigenvalue weighted by atomic mass is 32.2. The first-order valence-corrected chi connectivity index (χ1v) is 8.30. The van der Waals surface area contributed by atoms with Gasteiger partial charge in [0.2, 0.25) is 10.0 Å². The van der Waals surface area contributed by atoms with Gasteiger partial charge in [-0.2, -0.15) is 0 Å². The second kappa shape index (κ2) is 5.46. The van der Waals surface area contributed by atoms with Crippen LogP contribution >= 0.6 is 0 Å². The molecule has 1 aromatic heterocycles. The van der Waals surface area contributed by atoms with Crippen LogP contribution in [0.5, 0.6) is 0 Å². The molecule has 0 aliphatic heterocycles. The normalized spacial score (nSPS) is 21.0. The number of pyridine rings is 1. The largest absolute Gasteiger partial charge is 0.372 e. The molecule has 1 aliphatic rings. The molecular weight excluding hydrogens is 286 g/mol. The molecule has 0 bridgehead atoms. The zero-order chi connectivity index (χ0) is 14.9. The maximum Gasteiger partial charge on any atom is 0.244 e. The van der Waals surface area contributed by atoms with Gasteiger partial charge in [0.25, 0.3) is 0 Å². The zero-order valence-corrected chi connectivity index (χ0v) is 12.5. The van der Waals surface area contributed by atoms with Gasteiger partial charge in [0.1, 0.15) is 10.7 Å². The molecule has 0 spiro atoms. The fourth-order valence-electron chi connectivity index (χ4n) is 2.45. The van der Waals surface area contributed by atoms with E-state index < -0.39 is 10.0 Å². The van der Waals surface area contributed by atoms with E-state index in [0.717, 1.165) is 6.42 Å². The van der Waals surface area contributed by atoms with Gasteiger partial charge in [-0.05, 0) is 24.1 Å². The summed E-state index contributed by atoms with van der Waals surface area (Å²) in [4.78, 5) is 4.22. The van der Waals surface area contributed by atoms with E-state index in [1.54, 1.807) is 25.4 Å². The summed E-state index contributed by atoms with van der Waals surface area (Å²) in [6.45, 7) is 0. The highest BCUT2D eigenvalue weighted by Gasteiger charge is 2.41. The highest BCUT2D eigenvalue weighted by molar-refractivity contribution is 7.89. The summed E-state index contributed by atoms with van der Waals surface area (Å²) in [7, 11) is -1.90. The predicted octanol–water partition coefficient (Wildman–Crippen LogP) is 1.96. The fraction of sp³-hybridized carbons (Fsp3) is 0.267. The van der Waals surface area contributed by atoms with Gasteiger partial charge in [-0.25, -0.2) is 18.1 Å². The van der Waals surface area contributed by atoms with Crippen molar-refractivity contribution in [3.05, 3.63) is 54.2 Å². The van der Waals surface area contributed by atoms with E-state index in [2.05, 4.69) is 15.0 Å². The average Bonchev–Trinajstić information content (AvgIpc) is 3.26. The first-order chi connectivity index (χ1) is 10.1. The summed E-state index contributed by atoms with van der Waals surface area (Å²) in [6, 6.07) is 13.1. The lowest BCUT2D eigenvalue weighted by Crippen LogP contribution is -2.27. The van der Waals surface area contributed by atoms with Crippen molar-refractivity contribution in [2.75, 3.05) is 12.4 Å². The van der Waals surface area contributed by atoms with Crippen LogP contribution in [0.15, 0.2) is 53.6 Å². The van der Waals surface area contributed by atoms with Crippen molar-refractivity contribution >= 4 is 15.8 Å². The number of hydrogen-bond acceptors (Lipinski definition) is 4. The molecule has 2 atom stereocenters. The molecule has 2 N–H and O–H groups in total. The second-order valence-electron chi connectivity index (χ2n) is 5.08. The Morgan fingerprint density at radius 2 is 1.90 bits per heavy atom. The van der Waals surface area contributed by atoms with Crippen LogP contribution in [-0.2, 0) is 10.0 Å². The molecule has 1 aromatic carbocycles. The Morgan fingerprint density at radius 1 is 1.14 bits per heavy atom. The number of aromatic nitrogens is 1. The van der Waals surface area contributed by atoms with E-state index in [0.29, 0.717) is 5.82 Å². The van der Waals surface area contributed by atoms with Crippen LogP contribution in [0.2, 0.25) is 0 Å². The molecule has 0 saturated heterocycles. The number of anilines is 1. The smallest absolute Gasteiger partial charge is 0.244 e. The summed E-state index contributed by atoms with van der Waals surface area (Å²) >= 11 is 0. The summed E-state index contributed by atoms with van der Waals surface area (Å²) < 4.78 is 27.7. The molecule has 21 heavy (non-hydrogen) atoms. The molecule has 110 valence electrons. The molecular formula is C15H17N3O2S. The molecule has 3 rings (SSSR count). The first kappa shape index (κ1) is 14.0. The third kappa shape index (κ3) is 2.91. The molecule has 6 heteroatoms. The molecule has 1 heterocycles. The van der Waals surface area contributed by atoms with Gasteiger partial charge in [-0.15, -0.1) is 0 Å². The van der Waals surface area contributed by atoms with E-state index in [4.69, 9.17) is 0 Å². The lowest BCUT2D eigenvalue weighted by molar-refractivity contribution is 0.580. The Bertz CT molecular complexity index is 732. The molecule has 5 nitrogen and oxygen atoms in total. The minimum absolute atomic E-state index is 0.0395.